The number of rotatable bonds is 4. The van der Waals surface area contributed by atoms with Crippen LogP contribution in [0.3, 0.4) is 0 Å². The average molecular weight is 270 g/mol. The van der Waals surface area contributed by atoms with Gasteiger partial charge < -0.3 is 20.1 Å². The lowest BCUT2D eigenvalue weighted by molar-refractivity contribution is -0.166. The van der Waals surface area contributed by atoms with E-state index in [0.717, 1.165) is 25.9 Å². The van der Waals surface area contributed by atoms with Crippen molar-refractivity contribution in [2.45, 2.75) is 44.2 Å². The monoisotopic (exact) mass is 270 g/mol. The molecule has 0 bridgehead atoms. The maximum Gasteiger partial charge on any atom is 0.329 e. The van der Waals surface area contributed by atoms with Gasteiger partial charge in [-0.2, -0.15) is 0 Å². The highest BCUT2D eigenvalue weighted by Gasteiger charge is 2.44. The minimum Gasteiger partial charge on any atom is -0.480 e. The quantitative estimate of drug-likeness (QED) is 0.764. The summed E-state index contributed by atoms with van der Waals surface area (Å²) in [5.74, 6) is -1.16. The number of piperidine rings is 1. The Morgan fingerprint density at radius 1 is 1.32 bits per heavy atom. The Hall–Kier alpha value is -1.14. The number of carbonyl (C=O) groups is 2. The van der Waals surface area contributed by atoms with E-state index in [0.29, 0.717) is 13.0 Å². The number of hydrogen-bond acceptors (Lipinski definition) is 4. The summed E-state index contributed by atoms with van der Waals surface area (Å²) < 4.78 is 5.61. The maximum absolute atomic E-state index is 12.2. The van der Waals surface area contributed by atoms with Crippen LogP contribution >= 0.6 is 0 Å². The molecule has 0 radical (unpaired) electrons. The van der Waals surface area contributed by atoms with Gasteiger partial charge in [0, 0.05) is 19.6 Å². The third-order valence-corrected chi connectivity index (χ3v) is 4.19. The number of nitrogens with zero attached hydrogens (tertiary/aromatic N) is 1. The van der Waals surface area contributed by atoms with Gasteiger partial charge in [0.2, 0.25) is 5.91 Å². The molecular formula is C13H22N2O4. The molecular weight excluding hydrogens is 248 g/mol. The van der Waals surface area contributed by atoms with Gasteiger partial charge in [-0.1, -0.05) is 0 Å². The fraction of sp³-hybridized carbons (Fsp3) is 0.846. The third kappa shape index (κ3) is 2.74. The smallest absolute Gasteiger partial charge is 0.329 e. The fourth-order valence-electron chi connectivity index (χ4n) is 2.64. The number of carboxylic acid groups (broad SMARTS) is 1. The summed E-state index contributed by atoms with van der Waals surface area (Å²) in [5.41, 5.74) is -1.37. The lowest BCUT2D eigenvalue weighted by Crippen LogP contribution is -2.62. The van der Waals surface area contributed by atoms with Crippen LogP contribution in [0.1, 0.15) is 33.1 Å². The van der Waals surface area contributed by atoms with Crippen LogP contribution in [-0.4, -0.2) is 59.3 Å². The van der Waals surface area contributed by atoms with Gasteiger partial charge in [0.15, 0.2) is 0 Å². The van der Waals surface area contributed by atoms with Crippen LogP contribution in [0.4, 0.5) is 0 Å². The fourth-order valence-corrected chi connectivity index (χ4v) is 2.64. The van der Waals surface area contributed by atoms with Crippen LogP contribution in [0.25, 0.3) is 0 Å². The molecule has 1 unspecified atom stereocenters. The van der Waals surface area contributed by atoms with E-state index >= 15 is 0 Å². The Bertz CT molecular complexity index is 381. The van der Waals surface area contributed by atoms with Crippen LogP contribution in [0, 0.1) is 0 Å². The number of amides is 1. The molecule has 2 aliphatic heterocycles. The molecule has 0 aromatic rings. The van der Waals surface area contributed by atoms with Crippen molar-refractivity contribution in [3.63, 3.8) is 0 Å². The van der Waals surface area contributed by atoms with Crippen LogP contribution in [0.2, 0.25) is 0 Å². The van der Waals surface area contributed by atoms with Gasteiger partial charge >= 0.3 is 5.97 Å². The van der Waals surface area contributed by atoms with Gasteiger partial charge in [0.05, 0.1) is 5.60 Å². The SMILES string of the molecule is CC1(OCC(=O)N2CCCCC2(C)C(=O)O)CNC1. The molecule has 0 aliphatic carbocycles. The first-order valence-electron chi connectivity index (χ1n) is 6.76. The first-order chi connectivity index (χ1) is 8.87. The van der Waals surface area contributed by atoms with Crippen molar-refractivity contribution in [1.29, 1.82) is 0 Å². The van der Waals surface area contributed by atoms with Crippen molar-refractivity contribution < 1.29 is 19.4 Å². The van der Waals surface area contributed by atoms with E-state index in [1.165, 1.54) is 4.90 Å². The maximum atomic E-state index is 12.2. The Morgan fingerprint density at radius 2 is 2.00 bits per heavy atom. The van der Waals surface area contributed by atoms with Crippen LogP contribution in [0.15, 0.2) is 0 Å². The molecule has 1 amide bonds. The highest BCUT2D eigenvalue weighted by molar-refractivity contribution is 5.87. The predicted octanol–water partition coefficient (Wildman–Crippen LogP) is 0.221. The highest BCUT2D eigenvalue weighted by Crippen LogP contribution is 2.28. The van der Waals surface area contributed by atoms with Crippen molar-refractivity contribution in [2.24, 2.45) is 0 Å². The van der Waals surface area contributed by atoms with E-state index in [1.54, 1.807) is 6.92 Å². The Kier molecular flexibility index (Phi) is 3.82. The largest absolute Gasteiger partial charge is 0.480 e. The summed E-state index contributed by atoms with van der Waals surface area (Å²) in [7, 11) is 0. The second-order valence-electron chi connectivity index (χ2n) is 5.92. The van der Waals surface area contributed by atoms with Gasteiger partial charge in [-0.15, -0.1) is 0 Å². The summed E-state index contributed by atoms with van der Waals surface area (Å²) in [6, 6.07) is 0. The summed E-state index contributed by atoms with van der Waals surface area (Å²) in [6.45, 7) is 5.50. The van der Waals surface area contributed by atoms with E-state index < -0.39 is 11.5 Å². The topological polar surface area (TPSA) is 78.9 Å². The molecule has 2 saturated heterocycles. The van der Waals surface area contributed by atoms with E-state index in [-0.39, 0.29) is 18.1 Å². The Labute approximate surface area is 113 Å². The van der Waals surface area contributed by atoms with Crippen molar-refractivity contribution >= 4 is 11.9 Å². The van der Waals surface area contributed by atoms with E-state index in [4.69, 9.17) is 4.74 Å². The zero-order valence-corrected chi connectivity index (χ0v) is 11.6. The molecule has 2 rings (SSSR count). The summed E-state index contributed by atoms with van der Waals surface area (Å²) in [6.07, 6.45) is 2.20. The van der Waals surface area contributed by atoms with E-state index in [1.807, 2.05) is 6.92 Å². The minimum atomic E-state index is -1.09. The molecule has 2 N–H and O–H groups in total. The molecule has 0 aromatic carbocycles. The summed E-state index contributed by atoms with van der Waals surface area (Å²) >= 11 is 0. The highest BCUT2D eigenvalue weighted by atomic mass is 16.5. The number of carbonyl (C=O) groups excluding carboxylic acids is 1. The minimum absolute atomic E-state index is 0.0406. The van der Waals surface area contributed by atoms with Crippen LogP contribution < -0.4 is 5.32 Å². The first-order valence-corrected chi connectivity index (χ1v) is 6.76. The Balaban J connectivity index is 1.97. The molecule has 0 saturated carbocycles. The molecule has 2 heterocycles. The van der Waals surface area contributed by atoms with Crippen LogP contribution in [-0.2, 0) is 14.3 Å². The first kappa shape index (κ1) is 14.3. The lowest BCUT2D eigenvalue weighted by Gasteiger charge is -2.43. The number of hydrogen-bond donors (Lipinski definition) is 2. The van der Waals surface area contributed by atoms with E-state index in [2.05, 4.69) is 5.32 Å². The van der Waals surface area contributed by atoms with Gasteiger partial charge in [-0.25, -0.2) is 4.79 Å². The molecule has 0 aromatic heterocycles. The predicted molar refractivity (Wildman–Crippen MR) is 68.8 cm³/mol. The van der Waals surface area contributed by atoms with E-state index in [9.17, 15) is 14.7 Å². The molecule has 0 spiro atoms. The number of nitrogens with one attached hydrogen (secondary N) is 1. The molecule has 108 valence electrons. The van der Waals surface area contributed by atoms with Crippen molar-refractivity contribution in [3.05, 3.63) is 0 Å². The zero-order valence-electron chi connectivity index (χ0n) is 11.6. The standard InChI is InChI=1S/C13H22N2O4/c1-12(8-14-9-12)19-7-10(16)15-6-4-3-5-13(15,2)11(17)18/h14H,3-9H2,1-2H3,(H,17,18). The summed E-state index contributed by atoms with van der Waals surface area (Å²) in [4.78, 5) is 25.1. The second-order valence-corrected chi connectivity index (χ2v) is 5.92. The van der Waals surface area contributed by atoms with Gasteiger partial charge in [0.1, 0.15) is 12.1 Å². The molecule has 6 heteroatoms. The van der Waals surface area contributed by atoms with Crippen LogP contribution in [0.5, 0.6) is 0 Å². The van der Waals surface area contributed by atoms with Gasteiger partial charge in [-0.05, 0) is 33.1 Å². The molecule has 19 heavy (non-hydrogen) atoms. The Morgan fingerprint density at radius 3 is 2.53 bits per heavy atom. The van der Waals surface area contributed by atoms with Crippen molar-refractivity contribution in [3.8, 4) is 0 Å². The molecule has 2 aliphatic rings. The molecule has 2 fully saturated rings. The summed E-state index contributed by atoms with van der Waals surface area (Å²) in [5, 5.41) is 12.5. The van der Waals surface area contributed by atoms with Gasteiger partial charge in [0.25, 0.3) is 0 Å². The molecule has 1 atom stereocenters. The van der Waals surface area contributed by atoms with Crippen molar-refractivity contribution in [2.75, 3.05) is 26.2 Å². The molecule has 6 nitrogen and oxygen atoms in total. The average Bonchev–Trinajstić information content (AvgIpc) is 2.34. The zero-order chi connectivity index (χ0) is 14.1. The number of ether oxygens (including phenoxy) is 1. The number of likely N-dealkylation sites (tertiary alicyclic amines) is 1. The third-order valence-electron chi connectivity index (χ3n) is 4.19. The lowest BCUT2D eigenvalue weighted by atomic mass is 9.88. The number of carboxylic acids is 1. The normalized spacial score (nSPS) is 29.7. The van der Waals surface area contributed by atoms with Gasteiger partial charge in [-0.3, -0.25) is 4.79 Å². The second kappa shape index (κ2) is 5.09. The van der Waals surface area contributed by atoms with Crippen molar-refractivity contribution in [1.82, 2.24) is 10.2 Å². The number of aliphatic carboxylic acids is 1.